The molecule has 0 unspecified atom stereocenters. The molecule has 1 saturated carbocycles. The molecule has 0 bridgehead atoms. The van der Waals surface area contributed by atoms with E-state index in [1.165, 1.54) is 7.11 Å². The van der Waals surface area contributed by atoms with Gasteiger partial charge in [0.05, 0.1) is 35.9 Å². The monoisotopic (exact) mass is 396 g/mol. The average molecular weight is 396 g/mol. The molecule has 0 aromatic heterocycles. The van der Waals surface area contributed by atoms with Gasteiger partial charge in [0.25, 0.3) is 5.91 Å². The highest BCUT2D eigenvalue weighted by Crippen LogP contribution is 2.32. The predicted octanol–water partition coefficient (Wildman–Crippen LogP) is 3.78. The van der Waals surface area contributed by atoms with E-state index in [9.17, 15) is 19.5 Å². The van der Waals surface area contributed by atoms with E-state index in [-0.39, 0.29) is 11.5 Å². The number of ether oxygens (including phenoxy) is 1. The predicted molar refractivity (Wildman–Crippen MR) is 109 cm³/mol. The van der Waals surface area contributed by atoms with Crippen molar-refractivity contribution in [3.8, 4) is 5.75 Å². The molecule has 3 N–H and O–H groups in total. The van der Waals surface area contributed by atoms with Crippen LogP contribution in [0.5, 0.6) is 5.75 Å². The number of methoxy groups -OCH3 is 1. The number of amides is 2. The smallest absolute Gasteiger partial charge is 0.307 e. The Morgan fingerprint density at radius 2 is 1.52 bits per heavy atom. The van der Waals surface area contributed by atoms with Crippen LogP contribution in [0.15, 0.2) is 48.5 Å². The molecule has 0 saturated heterocycles. The van der Waals surface area contributed by atoms with Gasteiger partial charge in [-0.1, -0.05) is 37.1 Å². The number of hydrogen-bond acceptors (Lipinski definition) is 4. The Morgan fingerprint density at radius 1 is 0.897 bits per heavy atom. The summed E-state index contributed by atoms with van der Waals surface area (Å²) in [6.45, 7) is 0. The highest BCUT2D eigenvalue weighted by Gasteiger charge is 2.36. The van der Waals surface area contributed by atoms with Crippen molar-refractivity contribution in [3.63, 3.8) is 0 Å². The SMILES string of the molecule is COc1ccccc1NC(=O)c1ccccc1NC(=O)[C@H]1CCCC[C@H]1C(=O)O. The zero-order valence-corrected chi connectivity index (χ0v) is 16.2. The van der Waals surface area contributed by atoms with Crippen molar-refractivity contribution in [1.82, 2.24) is 0 Å². The lowest BCUT2D eigenvalue weighted by molar-refractivity contribution is -0.147. The number of carboxylic acids is 1. The van der Waals surface area contributed by atoms with E-state index in [0.717, 1.165) is 12.8 Å². The summed E-state index contributed by atoms with van der Waals surface area (Å²) >= 11 is 0. The van der Waals surface area contributed by atoms with Gasteiger partial charge in [-0.15, -0.1) is 0 Å². The maximum absolute atomic E-state index is 12.8. The topological polar surface area (TPSA) is 105 Å². The molecule has 2 aromatic carbocycles. The van der Waals surface area contributed by atoms with Crippen LogP contribution in [0.25, 0.3) is 0 Å². The Labute approximate surface area is 169 Å². The van der Waals surface area contributed by atoms with Gasteiger partial charge in [0.15, 0.2) is 0 Å². The quantitative estimate of drug-likeness (QED) is 0.689. The second kappa shape index (κ2) is 9.23. The molecule has 0 heterocycles. The minimum atomic E-state index is -0.952. The molecule has 1 aliphatic carbocycles. The molecule has 1 aliphatic rings. The van der Waals surface area contributed by atoms with Crippen LogP contribution in [0.2, 0.25) is 0 Å². The van der Waals surface area contributed by atoms with Gasteiger partial charge in [-0.05, 0) is 37.1 Å². The molecule has 0 spiro atoms. The molecule has 29 heavy (non-hydrogen) atoms. The zero-order valence-electron chi connectivity index (χ0n) is 16.2. The van der Waals surface area contributed by atoms with Crippen LogP contribution >= 0.6 is 0 Å². The molecule has 3 rings (SSSR count). The summed E-state index contributed by atoms with van der Waals surface area (Å²) in [5, 5.41) is 15.0. The lowest BCUT2D eigenvalue weighted by atomic mass is 9.78. The maximum atomic E-state index is 12.8. The van der Waals surface area contributed by atoms with Crippen LogP contribution in [0, 0.1) is 11.8 Å². The third kappa shape index (κ3) is 4.74. The molecule has 0 radical (unpaired) electrons. The summed E-state index contributed by atoms with van der Waals surface area (Å²) in [7, 11) is 1.52. The summed E-state index contributed by atoms with van der Waals surface area (Å²) in [6.07, 6.45) is 2.64. The first-order valence-electron chi connectivity index (χ1n) is 9.58. The van der Waals surface area contributed by atoms with Crippen molar-refractivity contribution in [1.29, 1.82) is 0 Å². The van der Waals surface area contributed by atoms with E-state index in [1.807, 2.05) is 0 Å². The van der Waals surface area contributed by atoms with Crippen LogP contribution < -0.4 is 15.4 Å². The average Bonchev–Trinajstić information content (AvgIpc) is 2.74. The van der Waals surface area contributed by atoms with Crippen LogP contribution in [0.1, 0.15) is 36.0 Å². The second-order valence-electron chi connectivity index (χ2n) is 7.02. The van der Waals surface area contributed by atoms with E-state index in [4.69, 9.17) is 4.74 Å². The fourth-order valence-corrected chi connectivity index (χ4v) is 3.69. The van der Waals surface area contributed by atoms with Crippen molar-refractivity contribution in [2.75, 3.05) is 17.7 Å². The molecular formula is C22H24N2O5. The van der Waals surface area contributed by atoms with Crippen molar-refractivity contribution in [2.24, 2.45) is 11.8 Å². The maximum Gasteiger partial charge on any atom is 0.307 e. The van der Waals surface area contributed by atoms with Gasteiger partial charge in [-0.3, -0.25) is 14.4 Å². The van der Waals surface area contributed by atoms with Gasteiger partial charge in [0.2, 0.25) is 5.91 Å². The fourth-order valence-electron chi connectivity index (χ4n) is 3.69. The lowest BCUT2D eigenvalue weighted by Gasteiger charge is -2.27. The first-order chi connectivity index (χ1) is 14.0. The number of hydrogen-bond donors (Lipinski definition) is 3. The first kappa shape index (κ1) is 20.4. The number of rotatable bonds is 6. The Kier molecular flexibility index (Phi) is 6.49. The summed E-state index contributed by atoms with van der Waals surface area (Å²) < 4.78 is 5.25. The third-order valence-electron chi connectivity index (χ3n) is 5.20. The number of anilines is 2. The van der Waals surface area contributed by atoms with Crippen LogP contribution in [0.4, 0.5) is 11.4 Å². The standard InChI is InChI=1S/C22H24N2O5/c1-29-19-13-7-6-12-18(19)24-21(26)16-10-4-5-11-17(16)23-20(25)14-8-2-3-9-15(14)22(27)28/h4-7,10-15H,2-3,8-9H2,1H3,(H,23,25)(H,24,26)(H,27,28)/t14-,15+/m0/s1. The molecule has 2 atom stereocenters. The molecule has 2 aromatic rings. The summed E-state index contributed by atoms with van der Waals surface area (Å²) in [5.41, 5.74) is 1.15. The number of carboxylic acid groups (broad SMARTS) is 1. The Morgan fingerprint density at radius 3 is 2.21 bits per heavy atom. The molecule has 1 fully saturated rings. The van der Waals surface area contributed by atoms with Gasteiger partial charge < -0.3 is 20.5 Å². The van der Waals surface area contributed by atoms with Gasteiger partial charge in [0.1, 0.15) is 5.75 Å². The molecular weight excluding hydrogens is 372 g/mol. The highest BCUT2D eigenvalue weighted by molar-refractivity contribution is 6.11. The van der Waals surface area contributed by atoms with Gasteiger partial charge in [-0.25, -0.2) is 0 Å². The molecule has 152 valence electrons. The summed E-state index contributed by atoms with van der Waals surface area (Å²) in [5.74, 6) is -2.50. The van der Waals surface area contributed by atoms with Crippen molar-refractivity contribution in [2.45, 2.75) is 25.7 Å². The van der Waals surface area contributed by atoms with E-state index in [1.54, 1.807) is 48.5 Å². The van der Waals surface area contributed by atoms with E-state index in [0.29, 0.717) is 30.0 Å². The minimum absolute atomic E-state index is 0.287. The normalized spacial score (nSPS) is 18.5. The number of carbonyl (C=O) groups excluding carboxylic acids is 2. The Hall–Kier alpha value is -3.35. The Balaban J connectivity index is 1.79. The van der Waals surface area contributed by atoms with Crippen LogP contribution in [-0.4, -0.2) is 30.0 Å². The molecule has 0 aliphatic heterocycles. The lowest BCUT2D eigenvalue weighted by Crippen LogP contribution is -2.36. The largest absolute Gasteiger partial charge is 0.495 e. The van der Waals surface area contributed by atoms with Gasteiger partial charge >= 0.3 is 5.97 Å². The number of nitrogens with one attached hydrogen (secondary N) is 2. The van der Waals surface area contributed by atoms with E-state index >= 15 is 0 Å². The minimum Gasteiger partial charge on any atom is -0.495 e. The van der Waals surface area contributed by atoms with Crippen molar-refractivity contribution >= 4 is 29.2 Å². The number of aliphatic carboxylic acids is 1. The van der Waals surface area contributed by atoms with E-state index < -0.39 is 23.7 Å². The first-order valence-corrected chi connectivity index (χ1v) is 9.58. The van der Waals surface area contributed by atoms with Crippen LogP contribution in [0.3, 0.4) is 0 Å². The molecule has 7 heteroatoms. The van der Waals surface area contributed by atoms with E-state index in [2.05, 4.69) is 10.6 Å². The number of carbonyl (C=O) groups is 3. The van der Waals surface area contributed by atoms with Crippen molar-refractivity contribution < 1.29 is 24.2 Å². The Bertz CT molecular complexity index is 912. The van der Waals surface area contributed by atoms with Gasteiger partial charge in [-0.2, -0.15) is 0 Å². The fraction of sp³-hybridized carbons (Fsp3) is 0.318. The molecule has 2 amide bonds. The van der Waals surface area contributed by atoms with Gasteiger partial charge in [0, 0.05) is 0 Å². The summed E-state index contributed by atoms with van der Waals surface area (Å²) in [6, 6.07) is 13.7. The van der Waals surface area contributed by atoms with Crippen molar-refractivity contribution in [3.05, 3.63) is 54.1 Å². The van der Waals surface area contributed by atoms with Crippen LogP contribution in [-0.2, 0) is 9.59 Å². The highest BCUT2D eigenvalue weighted by atomic mass is 16.5. The number of para-hydroxylation sites is 3. The second-order valence-corrected chi connectivity index (χ2v) is 7.02. The molecule has 7 nitrogen and oxygen atoms in total. The third-order valence-corrected chi connectivity index (χ3v) is 5.20. The zero-order chi connectivity index (χ0) is 20.8. The summed E-state index contributed by atoms with van der Waals surface area (Å²) in [4.78, 5) is 37.1. The number of benzene rings is 2.